The molecule has 2 N–H and O–H groups in total. The van der Waals surface area contributed by atoms with Crippen LogP contribution in [0.2, 0.25) is 0 Å². The molecule has 0 unspecified atom stereocenters. The Balaban J connectivity index is 3.16. The summed E-state index contributed by atoms with van der Waals surface area (Å²) in [5, 5.41) is 9.40. The Bertz CT molecular complexity index is 298. The summed E-state index contributed by atoms with van der Waals surface area (Å²) in [4.78, 5) is 16.9. The first-order chi connectivity index (χ1) is 5.00. The van der Waals surface area contributed by atoms with Crippen LogP contribution < -0.4 is 5.56 Å². The second-order valence-corrected chi connectivity index (χ2v) is 2.86. The van der Waals surface area contributed by atoms with Gasteiger partial charge in [-0.1, -0.05) is 0 Å². The standard InChI is InChI=1S/C7H10N2O2/c1-7(2,11)5-3-6(10)9-4-8-5/h3-4,11H,1-2H3,(H,8,9,10). The zero-order valence-corrected chi connectivity index (χ0v) is 6.46. The summed E-state index contributed by atoms with van der Waals surface area (Å²) in [5.74, 6) is 0. The van der Waals surface area contributed by atoms with Gasteiger partial charge in [-0.3, -0.25) is 4.79 Å². The molecule has 0 radical (unpaired) electrons. The first kappa shape index (κ1) is 7.94. The van der Waals surface area contributed by atoms with Gasteiger partial charge in [-0.25, -0.2) is 4.98 Å². The molecule has 0 amide bonds. The number of aromatic nitrogens is 2. The molecule has 0 aliphatic rings. The Morgan fingerprint density at radius 1 is 1.64 bits per heavy atom. The van der Waals surface area contributed by atoms with E-state index in [0.717, 1.165) is 0 Å². The Morgan fingerprint density at radius 3 is 2.64 bits per heavy atom. The summed E-state index contributed by atoms with van der Waals surface area (Å²) < 4.78 is 0. The van der Waals surface area contributed by atoms with E-state index >= 15 is 0 Å². The summed E-state index contributed by atoms with van der Waals surface area (Å²) >= 11 is 0. The molecule has 0 saturated carbocycles. The fourth-order valence-corrected chi connectivity index (χ4v) is 0.703. The molecular weight excluding hydrogens is 144 g/mol. The van der Waals surface area contributed by atoms with Crippen LogP contribution in [0.1, 0.15) is 19.5 Å². The molecule has 1 heterocycles. The van der Waals surface area contributed by atoms with Crippen molar-refractivity contribution in [3.8, 4) is 0 Å². The average molecular weight is 154 g/mol. The normalized spacial score (nSPS) is 11.5. The molecule has 0 atom stereocenters. The first-order valence-corrected chi connectivity index (χ1v) is 3.28. The van der Waals surface area contributed by atoms with Crippen molar-refractivity contribution in [2.75, 3.05) is 0 Å². The van der Waals surface area contributed by atoms with Gasteiger partial charge in [0.15, 0.2) is 0 Å². The third kappa shape index (κ3) is 1.88. The predicted octanol–water partition coefficient (Wildman–Crippen LogP) is -0.00270. The smallest absolute Gasteiger partial charge is 0.251 e. The van der Waals surface area contributed by atoms with Crippen LogP contribution >= 0.6 is 0 Å². The molecule has 4 nitrogen and oxygen atoms in total. The second kappa shape index (κ2) is 2.47. The van der Waals surface area contributed by atoms with Crippen molar-refractivity contribution < 1.29 is 5.11 Å². The van der Waals surface area contributed by atoms with Gasteiger partial charge < -0.3 is 10.1 Å². The van der Waals surface area contributed by atoms with Crippen molar-refractivity contribution in [1.29, 1.82) is 0 Å². The number of aromatic amines is 1. The Labute approximate surface area is 63.9 Å². The van der Waals surface area contributed by atoms with E-state index in [0.29, 0.717) is 5.69 Å². The largest absolute Gasteiger partial charge is 0.384 e. The van der Waals surface area contributed by atoms with Gasteiger partial charge in [0.2, 0.25) is 0 Å². The van der Waals surface area contributed by atoms with Gasteiger partial charge in [-0.15, -0.1) is 0 Å². The Kier molecular flexibility index (Phi) is 1.78. The van der Waals surface area contributed by atoms with Crippen molar-refractivity contribution in [2.24, 2.45) is 0 Å². The van der Waals surface area contributed by atoms with Gasteiger partial charge in [-0.2, -0.15) is 0 Å². The zero-order valence-electron chi connectivity index (χ0n) is 6.46. The highest BCUT2D eigenvalue weighted by atomic mass is 16.3. The van der Waals surface area contributed by atoms with Gasteiger partial charge in [-0.05, 0) is 13.8 Å². The van der Waals surface area contributed by atoms with Crippen molar-refractivity contribution >= 4 is 0 Å². The summed E-state index contributed by atoms with van der Waals surface area (Å²) in [7, 11) is 0. The van der Waals surface area contributed by atoms with Crippen LogP contribution in [0.15, 0.2) is 17.2 Å². The van der Waals surface area contributed by atoms with Gasteiger partial charge >= 0.3 is 0 Å². The number of hydrogen-bond acceptors (Lipinski definition) is 3. The lowest BCUT2D eigenvalue weighted by Crippen LogP contribution is -2.21. The van der Waals surface area contributed by atoms with E-state index in [1.807, 2.05) is 0 Å². The average Bonchev–Trinajstić information content (AvgIpc) is 1.86. The number of nitrogens with one attached hydrogen (secondary N) is 1. The summed E-state index contributed by atoms with van der Waals surface area (Å²) in [5.41, 5.74) is -0.924. The monoisotopic (exact) mass is 154 g/mol. The van der Waals surface area contributed by atoms with Crippen molar-refractivity contribution in [2.45, 2.75) is 19.4 Å². The minimum Gasteiger partial charge on any atom is -0.384 e. The molecule has 1 aromatic heterocycles. The van der Waals surface area contributed by atoms with E-state index in [4.69, 9.17) is 0 Å². The van der Waals surface area contributed by atoms with E-state index in [1.54, 1.807) is 13.8 Å². The Morgan fingerprint density at radius 2 is 2.27 bits per heavy atom. The number of hydrogen-bond donors (Lipinski definition) is 2. The molecule has 4 heteroatoms. The van der Waals surface area contributed by atoms with E-state index in [2.05, 4.69) is 9.97 Å². The highest BCUT2D eigenvalue weighted by Gasteiger charge is 2.17. The lowest BCUT2D eigenvalue weighted by molar-refractivity contribution is 0.0735. The molecule has 0 saturated heterocycles. The van der Waals surface area contributed by atoms with E-state index < -0.39 is 5.60 Å². The Hall–Kier alpha value is -1.16. The van der Waals surface area contributed by atoms with Crippen LogP contribution in [-0.2, 0) is 5.60 Å². The van der Waals surface area contributed by atoms with Gasteiger partial charge in [0.05, 0.1) is 12.0 Å². The van der Waals surface area contributed by atoms with Crippen molar-refractivity contribution in [3.05, 3.63) is 28.4 Å². The predicted molar refractivity (Wildman–Crippen MR) is 40.1 cm³/mol. The minimum absolute atomic E-state index is 0.253. The first-order valence-electron chi connectivity index (χ1n) is 3.28. The van der Waals surface area contributed by atoms with Crippen LogP contribution in [0.5, 0.6) is 0 Å². The maximum atomic E-state index is 10.7. The molecule has 60 valence electrons. The summed E-state index contributed by atoms with van der Waals surface area (Å²) in [6, 6.07) is 1.28. The van der Waals surface area contributed by atoms with Crippen molar-refractivity contribution in [3.63, 3.8) is 0 Å². The second-order valence-electron chi connectivity index (χ2n) is 2.86. The van der Waals surface area contributed by atoms with E-state index in [9.17, 15) is 9.90 Å². The third-order valence-electron chi connectivity index (χ3n) is 1.31. The lowest BCUT2D eigenvalue weighted by atomic mass is 10.1. The maximum Gasteiger partial charge on any atom is 0.251 e. The molecule has 0 aromatic carbocycles. The summed E-state index contributed by atoms with van der Waals surface area (Å²) in [6.07, 6.45) is 1.27. The van der Waals surface area contributed by atoms with Crippen LogP contribution in [0.3, 0.4) is 0 Å². The van der Waals surface area contributed by atoms with Crippen LogP contribution in [0.25, 0.3) is 0 Å². The molecule has 0 aliphatic carbocycles. The molecule has 0 bridgehead atoms. The molecule has 0 spiro atoms. The van der Waals surface area contributed by atoms with Gasteiger partial charge in [0.1, 0.15) is 5.60 Å². The van der Waals surface area contributed by atoms with Crippen molar-refractivity contribution in [1.82, 2.24) is 9.97 Å². The topological polar surface area (TPSA) is 66.0 Å². The molecule has 0 fully saturated rings. The van der Waals surface area contributed by atoms with Crippen LogP contribution in [0, 0.1) is 0 Å². The molecular formula is C7H10N2O2. The van der Waals surface area contributed by atoms with Gasteiger partial charge in [0.25, 0.3) is 5.56 Å². The quantitative estimate of drug-likeness (QED) is 0.598. The van der Waals surface area contributed by atoms with Crippen LogP contribution in [0.4, 0.5) is 0 Å². The fourth-order valence-electron chi connectivity index (χ4n) is 0.703. The molecule has 11 heavy (non-hydrogen) atoms. The number of rotatable bonds is 1. The lowest BCUT2D eigenvalue weighted by Gasteiger charge is -2.14. The number of nitrogens with zero attached hydrogens (tertiary/aromatic N) is 1. The molecule has 1 aromatic rings. The maximum absolute atomic E-state index is 10.7. The minimum atomic E-state index is -1.05. The van der Waals surface area contributed by atoms with Crippen LogP contribution in [-0.4, -0.2) is 15.1 Å². The van der Waals surface area contributed by atoms with Gasteiger partial charge in [0, 0.05) is 6.07 Å². The highest BCUT2D eigenvalue weighted by molar-refractivity contribution is 5.06. The number of H-pyrrole nitrogens is 1. The molecule has 1 rings (SSSR count). The highest BCUT2D eigenvalue weighted by Crippen LogP contribution is 2.13. The zero-order chi connectivity index (χ0) is 8.48. The summed E-state index contributed by atoms with van der Waals surface area (Å²) in [6.45, 7) is 3.16. The van der Waals surface area contributed by atoms with E-state index in [1.165, 1.54) is 12.4 Å². The SMILES string of the molecule is CC(C)(O)c1cc(=O)[nH]cn1. The third-order valence-corrected chi connectivity index (χ3v) is 1.31. The number of aliphatic hydroxyl groups is 1. The van der Waals surface area contributed by atoms with E-state index in [-0.39, 0.29) is 5.56 Å². The fraction of sp³-hybridized carbons (Fsp3) is 0.429. The molecule has 0 aliphatic heterocycles.